The Labute approximate surface area is 352 Å². The van der Waals surface area contributed by atoms with Crippen molar-refractivity contribution in [3.63, 3.8) is 0 Å². The molecule has 0 N–H and O–H groups in total. The lowest BCUT2D eigenvalue weighted by Gasteiger charge is -2.21. The zero-order chi connectivity index (χ0) is 43.0. The molecular weight excluding hydrogens is 722 g/mol. The normalized spacial score (nSPS) is 12.2. The molecule has 0 aliphatic heterocycles. The van der Waals surface area contributed by atoms with Crippen molar-refractivity contribution in [2.45, 2.75) is 225 Å². The van der Waals surface area contributed by atoms with Crippen molar-refractivity contribution in [2.75, 3.05) is 33.0 Å². The van der Waals surface area contributed by atoms with E-state index in [9.17, 15) is 18.0 Å². The first-order valence-electron chi connectivity index (χ1n) is 22.7. The van der Waals surface area contributed by atoms with Crippen LogP contribution in [0.4, 0.5) is 13.2 Å². The van der Waals surface area contributed by atoms with Gasteiger partial charge in [0.25, 0.3) is 0 Å². The lowest BCUT2D eigenvalue weighted by molar-refractivity contribution is -0.113. The van der Waals surface area contributed by atoms with Gasteiger partial charge in [-0.3, -0.25) is 4.79 Å². The topological polar surface area (TPSA) is 44.8 Å². The summed E-state index contributed by atoms with van der Waals surface area (Å²) in [6.45, 7) is 27.9. The Kier molecular flexibility index (Phi) is 47.2. The Balaban J connectivity index is -0.000000385. The first-order chi connectivity index (χ1) is 26.9. The van der Waals surface area contributed by atoms with Crippen molar-refractivity contribution in [1.82, 2.24) is 0 Å². The van der Waals surface area contributed by atoms with Crippen LogP contribution in [0.15, 0.2) is 29.8 Å². The number of carbonyl (C=O) groups excluding carboxylic acids is 1. The molecule has 0 bridgehead atoms. The number of ether oxygens (including phenoxy) is 3. The molecule has 0 aliphatic rings. The lowest BCUT2D eigenvalue weighted by atomic mass is 9.86. The van der Waals surface area contributed by atoms with Crippen LogP contribution in [-0.4, -0.2) is 51.1 Å². The van der Waals surface area contributed by atoms with Gasteiger partial charge in [0.1, 0.15) is 0 Å². The number of aryl methyl sites for hydroxylation is 1. The summed E-state index contributed by atoms with van der Waals surface area (Å²) in [7, 11) is 0. The summed E-state index contributed by atoms with van der Waals surface area (Å²) in [5.74, 6) is -0.600. The number of unbranched alkanes of at least 4 members (excludes halogenated alkanes) is 11. The number of allylic oxidation sites excluding steroid dienone is 4. The van der Waals surface area contributed by atoms with Crippen LogP contribution in [0.25, 0.3) is 11.1 Å². The Morgan fingerprint density at radius 3 is 1.63 bits per heavy atom. The summed E-state index contributed by atoms with van der Waals surface area (Å²) in [6.07, 6.45) is 19.5. The van der Waals surface area contributed by atoms with E-state index >= 15 is 0 Å². The predicted molar refractivity (Wildman–Crippen MR) is 245 cm³/mol. The largest absolute Gasteiger partial charge is 0.417 e. The SMILES string of the molecule is C.CC.CCCCCCCCCCC.CCCCOCCCOCCOC(C)CCCC.CCCCc1cccc(/C(C)=C(\C)CC)c1/C(=C\C(C)=O)C(F)(F)F. The molecule has 338 valence electrons. The lowest BCUT2D eigenvalue weighted by Crippen LogP contribution is -2.15. The summed E-state index contributed by atoms with van der Waals surface area (Å²) in [4.78, 5) is 11.5. The van der Waals surface area contributed by atoms with Gasteiger partial charge in [0.2, 0.25) is 0 Å². The van der Waals surface area contributed by atoms with Crippen LogP contribution in [0.3, 0.4) is 0 Å². The highest BCUT2D eigenvalue weighted by atomic mass is 19.4. The van der Waals surface area contributed by atoms with Gasteiger partial charge in [-0.25, -0.2) is 0 Å². The summed E-state index contributed by atoms with van der Waals surface area (Å²) in [5, 5.41) is 0. The van der Waals surface area contributed by atoms with Gasteiger partial charge >= 0.3 is 6.18 Å². The molecule has 1 unspecified atom stereocenters. The van der Waals surface area contributed by atoms with Crippen LogP contribution >= 0.6 is 0 Å². The molecule has 1 atom stereocenters. The van der Waals surface area contributed by atoms with Gasteiger partial charge in [-0.1, -0.05) is 170 Å². The third kappa shape index (κ3) is 35.7. The second-order valence-corrected chi connectivity index (χ2v) is 14.6. The highest BCUT2D eigenvalue weighted by molar-refractivity contribution is 5.98. The quantitative estimate of drug-likeness (QED) is 0.0597. The molecule has 0 radical (unpaired) electrons. The Morgan fingerprint density at radius 2 is 1.16 bits per heavy atom. The van der Waals surface area contributed by atoms with Crippen molar-refractivity contribution in [1.29, 1.82) is 0 Å². The number of ketones is 1. The first kappa shape index (κ1) is 61.7. The summed E-state index contributed by atoms with van der Waals surface area (Å²) in [6, 6.07) is 5.26. The van der Waals surface area contributed by atoms with E-state index in [1.165, 1.54) is 77.0 Å². The summed E-state index contributed by atoms with van der Waals surface area (Å²) in [5.41, 5.74) is 2.41. The summed E-state index contributed by atoms with van der Waals surface area (Å²) < 4.78 is 57.9. The fraction of sp³-hybridized carbons (Fsp3) is 0.780. The molecule has 0 saturated heterocycles. The molecule has 0 spiro atoms. The van der Waals surface area contributed by atoms with Crippen LogP contribution in [0.2, 0.25) is 0 Å². The molecule has 0 heterocycles. The number of rotatable bonds is 29. The Hall–Kier alpha value is -1.96. The fourth-order valence-electron chi connectivity index (χ4n) is 5.78. The molecular formula is C50H93F3O4. The second-order valence-electron chi connectivity index (χ2n) is 14.6. The number of halogens is 3. The number of carbonyl (C=O) groups is 1. The average Bonchev–Trinajstić information content (AvgIpc) is 3.18. The molecule has 0 amide bonds. The van der Waals surface area contributed by atoms with Gasteiger partial charge in [0.15, 0.2) is 5.78 Å². The molecule has 1 aromatic carbocycles. The van der Waals surface area contributed by atoms with E-state index in [2.05, 4.69) is 34.6 Å². The monoisotopic (exact) mass is 815 g/mol. The van der Waals surface area contributed by atoms with Gasteiger partial charge in [-0.2, -0.15) is 13.2 Å². The van der Waals surface area contributed by atoms with E-state index in [0.717, 1.165) is 82.5 Å². The van der Waals surface area contributed by atoms with E-state index in [1.807, 2.05) is 41.5 Å². The second kappa shape index (κ2) is 43.6. The molecule has 0 aromatic heterocycles. The van der Waals surface area contributed by atoms with Crippen molar-refractivity contribution in [3.8, 4) is 0 Å². The molecule has 1 rings (SSSR count). The number of hydrogen-bond donors (Lipinski definition) is 0. The highest BCUT2D eigenvalue weighted by Crippen LogP contribution is 2.40. The fourth-order valence-corrected chi connectivity index (χ4v) is 5.78. The maximum Gasteiger partial charge on any atom is 0.417 e. The molecule has 1 aromatic rings. The van der Waals surface area contributed by atoms with Gasteiger partial charge in [-0.15, -0.1) is 0 Å². The summed E-state index contributed by atoms with van der Waals surface area (Å²) >= 11 is 0. The highest BCUT2D eigenvalue weighted by Gasteiger charge is 2.37. The van der Waals surface area contributed by atoms with E-state index in [4.69, 9.17) is 14.2 Å². The smallest absolute Gasteiger partial charge is 0.381 e. The third-order valence-corrected chi connectivity index (χ3v) is 9.47. The van der Waals surface area contributed by atoms with Crippen molar-refractivity contribution < 1.29 is 32.2 Å². The predicted octanol–water partition coefficient (Wildman–Crippen LogP) is 16.8. The van der Waals surface area contributed by atoms with E-state index in [-0.39, 0.29) is 13.0 Å². The van der Waals surface area contributed by atoms with Crippen LogP contribution < -0.4 is 0 Å². The van der Waals surface area contributed by atoms with Gasteiger partial charge in [0.05, 0.1) is 24.9 Å². The maximum absolute atomic E-state index is 13.8. The van der Waals surface area contributed by atoms with Crippen LogP contribution in [0, 0.1) is 0 Å². The van der Waals surface area contributed by atoms with E-state index in [1.54, 1.807) is 18.2 Å². The minimum atomic E-state index is -4.58. The minimum Gasteiger partial charge on any atom is -0.381 e. The van der Waals surface area contributed by atoms with Crippen LogP contribution in [-0.2, 0) is 25.4 Å². The van der Waals surface area contributed by atoms with Gasteiger partial charge in [-0.05, 0) is 94.6 Å². The zero-order valence-electron chi connectivity index (χ0n) is 38.6. The standard InChI is InChI=1S/C21H27F3O.C15H32O3.C11H24.C2H6.CH4/c1-6-8-10-17-11-9-12-18(16(5)14(3)7-2)20(17)19(13-15(4)25)21(22,23)24;1-4-6-9-15(3)18-14-13-17-12-8-11-16-10-7-5-2;1-3-5-7-9-11-10-8-6-4-2;1-2;/h9,11-13H,6-8,10H2,1-5H3;15H,4-14H2,1-3H3;3-11H2,1-2H3;1-2H3;1H4/b16-14+,19-13+;;;;. The third-order valence-electron chi connectivity index (χ3n) is 9.47. The Bertz CT molecular complexity index is 1090. The average molecular weight is 815 g/mol. The van der Waals surface area contributed by atoms with Crippen molar-refractivity contribution in [2.24, 2.45) is 0 Å². The minimum absolute atomic E-state index is 0. The number of hydrogen-bond acceptors (Lipinski definition) is 4. The molecule has 7 heteroatoms. The molecule has 0 fully saturated rings. The number of benzene rings is 1. The Morgan fingerprint density at radius 1 is 0.667 bits per heavy atom. The maximum atomic E-state index is 13.8. The molecule has 0 aliphatic carbocycles. The first-order valence-corrected chi connectivity index (χ1v) is 22.7. The van der Waals surface area contributed by atoms with Crippen molar-refractivity contribution in [3.05, 3.63) is 46.5 Å². The number of alkyl halides is 3. The van der Waals surface area contributed by atoms with E-state index < -0.39 is 17.5 Å². The molecule has 0 saturated carbocycles. The molecule has 4 nitrogen and oxygen atoms in total. The van der Waals surface area contributed by atoms with Crippen LogP contribution in [0.1, 0.15) is 223 Å². The molecule has 57 heavy (non-hydrogen) atoms. The zero-order valence-corrected chi connectivity index (χ0v) is 38.6. The van der Waals surface area contributed by atoms with Gasteiger partial charge in [0, 0.05) is 19.8 Å². The van der Waals surface area contributed by atoms with Crippen molar-refractivity contribution >= 4 is 16.9 Å². The van der Waals surface area contributed by atoms with Gasteiger partial charge < -0.3 is 14.2 Å². The van der Waals surface area contributed by atoms with E-state index in [0.29, 0.717) is 36.9 Å². The van der Waals surface area contributed by atoms with Crippen LogP contribution in [0.5, 0.6) is 0 Å².